The highest BCUT2D eigenvalue weighted by molar-refractivity contribution is 6.39. The number of rotatable bonds is 10. The number of hydrogen-bond donors (Lipinski definition) is 5. The molecule has 1 aliphatic heterocycles. The second-order valence-corrected chi connectivity index (χ2v) is 10.5. The van der Waals surface area contributed by atoms with Gasteiger partial charge in [-0.3, -0.25) is 24.3 Å². The van der Waals surface area contributed by atoms with Crippen LogP contribution in [0.25, 0.3) is 0 Å². The van der Waals surface area contributed by atoms with Crippen molar-refractivity contribution in [2.75, 3.05) is 31.5 Å². The Hall–Kier alpha value is -2.85. The van der Waals surface area contributed by atoms with Crippen molar-refractivity contribution in [3.8, 4) is 0 Å². The molecule has 2 aliphatic rings. The Morgan fingerprint density at radius 3 is 2.46 bits per heavy atom. The number of nitrogens with zero attached hydrogens (tertiary/aromatic N) is 2. The third-order valence-electron chi connectivity index (χ3n) is 7.31. The summed E-state index contributed by atoms with van der Waals surface area (Å²) in [6.07, 6.45) is 9.61. The molecule has 204 valence electrons. The van der Waals surface area contributed by atoms with Gasteiger partial charge in [0.1, 0.15) is 0 Å². The first-order valence-corrected chi connectivity index (χ1v) is 13.6. The number of halogens is 1. The number of unbranched alkanes of at least 4 members (excludes halogenated alkanes) is 1. The lowest BCUT2D eigenvalue weighted by atomic mass is 9.74. The zero-order valence-corrected chi connectivity index (χ0v) is 22.2. The summed E-state index contributed by atoms with van der Waals surface area (Å²) in [6, 6.07) is 6.50. The number of carbonyl (C=O) groups excluding carboxylic acids is 3. The molecule has 3 rings (SSSR count). The van der Waals surface area contributed by atoms with Crippen LogP contribution in [0.5, 0.6) is 0 Å². The fourth-order valence-electron chi connectivity index (χ4n) is 5.37. The Morgan fingerprint density at radius 2 is 1.76 bits per heavy atom. The van der Waals surface area contributed by atoms with Crippen LogP contribution in [0.2, 0.25) is 5.02 Å². The molecule has 1 saturated carbocycles. The van der Waals surface area contributed by atoms with E-state index in [1.807, 2.05) is 0 Å². The van der Waals surface area contributed by atoms with Crippen molar-refractivity contribution >= 4 is 41.0 Å². The normalized spacial score (nSPS) is 19.1. The van der Waals surface area contributed by atoms with Crippen molar-refractivity contribution in [2.24, 2.45) is 16.5 Å². The molecule has 37 heavy (non-hydrogen) atoms. The quantitative estimate of drug-likeness (QED) is 0.134. The maximum absolute atomic E-state index is 12.6. The lowest BCUT2D eigenvalue weighted by molar-refractivity contribution is -0.137. The monoisotopic (exact) mass is 533 g/mol. The number of carbonyl (C=O) groups is 3. The molecule has 1 atom stereocenters. The fraction of sp³-hybridized carbons (Fsp3) is 0.615. The molecule has 1 spiro atoms. The molecule has 1 heterocycles. The second-order valence-electron chi connectivity index (χ2n) is 10.0. The minimum Gasteiger partial charge on any atom is -0.370 e. The Balaban J connectivity index is 1.48. The van der Waals surface area contributed by atoms with Gasteiger partial charge in [-0.15, -0.1) is 0 Å². The van der Waals surface area contributed by atoms with E-state index < -0.39 is 11.8 Å². The Kier molecular flexibility index (Phi) is 11.0. The van der Waals surface area contributed by atoms with Gasteiger partial charge in [0.2, 0.25) is 5.91 Å². The molecule has 1 saturated heterocycles. The molecule has 0 radical (unpaired) electrons. The van der Waals surface area contributed by atoms with Crippen molar-refractivity contribution < 1.29 is 14.4 Å². The summed E-state index contributed by atoms with van der Waals surface area (Å²) < 4.78 is 0. The summed E-state index contributed by atoms with van der Waals surface area (Å²) in [5, 5.41) is 9.11. The molecular formula is C26H40ClN7O3. The maximum atomic E-state index is 12.6. The van der Waals surface area contributed by atoms with Crippen molar-refractivity contribution in [3.05, 3.63) is 29.3 Å². The smallest absolute Gasteiger partial charge is 0.313 e. The lowest BCUT2D eigenvalue weighted by Gasteiger charge is -2.52. The van der Waals surface area contributed by atoms with E-state index in [-0.39, 0.29) is 23.4 Å². The summed E-state index contributed by atoms with van der Waals surface area (Å²) in [4.78, 5) is 43.7. The van der Waals surface area contributed by atoms with E-state index in [9.17, 15) is 14.4 Å². The number of nitrogens with one attached hydrogen (secondary N) is 3. The van der Waals surface area contributed by atoms with Crippen LogP contribution >= 0.6 is 11.6 Å². The molecule has 10 nitrogen and oxygen atoms in total. The molecule has 0 aromatic heterocycles. The van der Waals surface area contributed by atoms with Crippen molar-refractivity contribution in [1.82, 2.24) is 15.5 Å². The molecule has 11 heteroatoms. The summed E-state index contributed by atoms with van der Waals surface area (Å²) in [7, 11) is 0. The van der Waals surface area contributed by atoms with Gasteiger partial charge in [0.25, 0.3) is 0 Å². The summed E-state index contributed by atoms with van der Waals surface area (Å²) in [5.41, 5.74) is 11.3. The van der Waals surface area contributed by atoms with Gasteiger partial charge in [-0.1, -0.05) is 30.9 Å². The first-order valence-electron chi connectivity index (χ1n) is 13.2. The minimum absolute atomic E-state index is 0.0168. The average molecular weight is 534 g/mol. The number of hydrogen-bond acceptors (Lipinski definition) is 5. The van der Waals surface area contributed by atoms with E-state index in [1.54, 1.807) is 24.3 Å². The van der Waals surface area contributed by atoms with Gasteiger partial charge < -0.3 is 27.4 Å². The molecule has 1 aromatic rings. The van der Waals surface area contributed by atoms with E-state index in [2.05, 4.69) is 25.8 Å². The van der Waals surface area contributed by atoms with Crippen LogP contribution in [0.15, 0.2) is 29.3 Å². The summed E-state index contributed by atoms with van der Waals surface area (Å²) in [6.45, 7) is 2.44. The Morgan fingerprint density at radius 1 is 1.03 bits per heavy atom. The minimum atomic E-state index is -0.695. The van der Waals surface area contributed by atoms with E-state index in [0.717, 1.165) is 38.5 Å². The molecular weight excluding hydrogens is 494 g/mol. The van der Waals surface area contributed by atoms with Gasteiger partial charge >= 0.3 is 11.8 Å². The largest absolute Gasteiger partial charge is 0.370 e. The number of guanidine groups is 1. The number of anilines is 1. The van der Waals surface area contributed by atoms with Gasteiger partial charge in [0.05, 0.1) is 0 Å². The predicted molar refractivity (Wildman–Crippen MR) is 146 cm³/mol. The number of piperidine rings is 1. The van der Waals surface area contributed by atoms with E-state index >= 15 is 0 Å². The molecule has 1 aliphatic carbocycles. The van der Waals surface area contributed by atoms with Crippen LogP contribution in [0.3, 0.4) is 0 Å². The SMILES string of the molecule is NC(N)=NCCCCC(=O)NCCN1C[C@H](NC(=O)C(=O)Nc2ccc(Cl)cc2)CCC12CCCCC2. The van der Waals surface area contributed by atoms with Crippen LogP contribution in [0, 0.1) is 0 Å². The van der Waals surface area contributed by atoms with Gasteiger partial charge in [0.15, 0.2) is 5.96 Å². The van der Waals surface area contributed by atoms with Crippen LogP contribution in [-0.2, 0) is 14.4 Å². The van der Waals surface area contributed by atoms with Crippen molar-refractivity contribution in [1.29, 1.82) is 0 Å². The zero-order valence-electron chi connectivity index (χ0n) is 21.4. The van der Waals surface area contributed by atoms with E-state index in [0.29, 0.717) is 43.3 Å². The van der Waals surface area contributed by atoms with E-state index in [4.69, 9.17) is 23.1 Å². The van der Waals surface area contributed by atoms with Gasteiger partial charge in [0, 0.05) is 54.9 Å². The zero-order chi connectivity index (χ0) is 26.7. The van der Waals surface area contributed by atoms with Crippen molar-refractivity contribution in [2.45, 2.75) is 75.8 Å². The number of amides is 3. The van der Waals surface area contributed by atoms with Gasteiger partial charge in [-0.05, 0) is 62.8 Å². The topological polar surface area (TPSA) is 155 Å². The summed E-state index contributed by atoms with van der Waals surface area (Å²) >= 11 is 5.88. The standard InChI is InChI=1S/C26H40ClN7O3/c27-19-7-9-20(10-8-19)32-23(36)24(37)33-21-11-14-26(12-3-1-4-13-26)34(18-21)17-16-30-22(35)6-2-5-15-31-25(28)29/h7-10,21H,1-6,11-18H2,(H,30,35)(H,32,36)(H,33,37)(H4,28,29,31)/t21-/m1/s1. The molecule has 2 fully saturated rings. The molecule has 3 amide bonds. The molecule has 0 bridgehead atoms. The first kappa shape index (κ1) is 28.7. The third kappa shape index (κ3) is 9.19. The highest BCUT2D eigenvalue weighted by Gasteiger charge is 2.42. The van der Waals surface area contributed by atoms with Crippen molar-refractivity contribution in [3.63, 3.8) is 0 Å². The highest BCUT2D eigenvalue weighted by Crippen LogP contribution is 2.40. The summed E-state index contributed by atoms with van der Waals surface area (Å²) in [5.74, 6) is -1.25. The molecule has 7 N–H and O–H groups in total. The Bertz CT molecular complexity index is 944. The molecule has 1 aromatic carbocycles. The number of nitrogens with two attached hydrogens (primary N) is 2. The van der Waals surface area contributed by atoms with Crippen LogP contribution in [0.4, 0.5) is 5.69 Å². The first-order chi connectivity index (χ1) is 17.8. The highest BCUT2D eigenvalue weighted by atomic mass is 35.5. The molecule has 0 unspecified atom stereocenters. The van der Waals surface area contributed by atoms with Crippen LogP contribution in [0.1, 0.15) is 64.2 Å². The number of aliphatic imine (C=N–C) groups is 1. The van der Waals surface area contributed by atoms with Gasteiger partial charge in [-0.2, -0.15) is 0 Å². The second kappa shape index (κ2) is 14.2. The predicted octanol–water partition coefficient (Wildman–Crippen LogP) is 2.12. The van der Waals surface area contributed by atoms with Crippen LogP contribution < -0.4 is 27.4 Å². The van der Waals surface area contributed by atoms with E-state index in [1.165, 1.54) is 19.3 Å². The lowest BCUT2D eigenvalue weighted by Crippen LogP contribution is -2.61. The number of benzene rings is 1. The third-order valence-corrected chi connectivity index (χ3v) is 7.56. The average Bonchev–Trinajstić information content (AvgIpc) is 2.87. The Labute approximate surface area is 223 Å². The van der Waals surface area contributed by atoms with Crippen LogP contribution in [-0.4, -0.2) is 66.3 Å². The fourth-order valence-corrected chi connectivity index (χ4v) is 5.50. The van der Waals surface area contributed by atoms with Gasteiger partial charge in [-0.25, -0.2) is 0 Å². The number of likely N-dealkylation sites (tertiary alicyclic amines) is 1. The maximum Gasteiger partial charge on any atom is 0.313 e.